The molecule has 0 radical (unpaired) electrons. The minimum atomic E-state index is 0.321. The average molecular weight is 177 g/mol. The van der Waals surface area contributed by atoms with Gasteiger partial charge in [0.2, 0.25) is 0 Å². The second-order valence-electron chi connectivity index (χ2n) is 3.64. The van der Waals surface area contributed by atoms with E-state index in [0.717, 1.165) is 25.3 Å². The van der Waals surface area contributed by atoms with Crippen LogP contribution in [0.2, 0.25) is 0 Å². The van der Waals surface area contributed by atoms with Crippen LogP contribution in [0.5, 0.6) is 0 Å². The molecule has 2 rings (SSSR count). The molecule has 1 aliphatic rings. The first-order chi connectivity index (χ1) is 6.27. The number of nitrogens with two attached hydrogens (primary N) is 1. The van der Waals surface area contributed by atoms with Gasteiger partial charge in [-0.2, -0.15) is 0 Å². The number of aromatic nitrogens is 1. The Balaban J connectivity index is 2.21. The van der Waals surface area contributed by atoms with E-state index in [0.29, 0.717) is 6.04 Å². The second-order valence-corrected chi connectivity index (χ2v) is 3.64. The molecule has 1 aromatic heterocycles. The number of anilines is 1. The van der Waals surface area contributed by atoms with Gasteiger partial charge in [0.1, 0.15) is 5.82 Å². The Labute approximate surface area is 78.6 Å². The quantitative estimate of drug-likeness (QED) is 0.693. The van der Waals surface area contributed by atoms with Crippen molar-refractivity contribution in [3.05, 3.63) is 23.9 Å². The van der Waals surface area contributed by atoms with Crippen molar-refractivity contribution in [2.24, 2.45) is 5.73 Å². The number of aryl methyl sites for hydroxylation is 1. The zero-order valence-electron chi connectivity index (χ0n) is 7.90. The van der Waals surface area contributed by atoms with E-state index in [1.54, 1.807) is 0 Å². The molecule has 2 heterocycles. The van der Waals surface area contributed by atoms with E-state index in [1.165, 1.54) is 5.56 Å². The van der Waals surface area contributed by atoms with Crippen molar-refractivity contribution in [3.63, 3.8) is 0 Å². The number of rotatable bonds is 1. The molecule has 70 valence electrons. The summed E-state index contributed by atoms with van der Waals surface area (Å²) in [6.07, 6.45) is 2.92. The molecular formula is C10H15N3. The summed E-state index contributed by atoms with van der Waals surface area (Å²) in [5.41, 5.74) is 7.08. The molecule has 1 saturated heterocycles. The Kier molecular flexibility index (Phi) is 2.19. The van der Waals surface area contributed by atoms with Gasteiger partial charge in [0.25, 0.3) is 0 Å². The molecule has 13 heavy (non-hydrogen) atoms. The van der Waals surface area contributed by atoms with Crippen molar-refractivity contribution in [1.82, 2.24) is 4.98 Å². The smallest absolute Gasteiger partial charge is 0.131 e. The van der Waals surface area contributed by atoms with Gasteiger partial charge in [0.15, 0.2) is 0 Å². The van der Waals surface area contributed by atoms with E-state index in [2.05, 4.69) is 22.9 Å². The number of pyridine rings is 1. The molecule has 0 bridgehead atoms. The zero-order valence-corrected chi connectivity index (χ0v) is 7.90. The minimum absolute atomic E-state index is 0.321. The highest BCUT2D eigenvalue weighted by Gasteiger charge is 2.20. The largest absolute Gasteiger partial charge is 0.355 e. The highest BCUT2D eigenvalue weighted by molar-refractivity contribution is 5.46. The molecule has 0 amide bonds. The van der Waals surface area contributed by atoms with Gasteiger partial charge >= 0.3 is 0 Å². The van der Waals surface area contributed by atoms with Crippen molar-refractivity contribution < 1.29 is 0 Å². The normalized spacial score (nSPS) is 22.3. The van der Waals surface area contributed by atoms with Crippen LogP contribution >= 0.6 is 0 Å². The average Bonchev–Trinajstić information content (AvgIpc) is 2.53. The first kappa shape index (κ1) is 8.51. The third-order valence-electron chi connectivity index (χ3n) is 2.51. The van der Waals surface area contributed by atoms with Crippen LogP contribution in [0.25, 0.3) is 0 Å². The summed E-state index contributed by atoms with van der Waals surface area (Å²) in [5, 5.41) is 0. The maximum absolute atomic E-state index is 5.84. The molecule has 0 unspecified atom stereocenters. The Morgan fingerprint density at radius 3 is 3.08 bits per heavy atom. The molecule has 0 aliphatic carbocycles. The van der Waals surface area contributed by atoms with Crippen LogP contribution in [-0.4, -0.2) is 24.1 Å². The summed E-state index contributed by atoms with van der Waals surface area (Å²) in [5.74, 6) is 1.09. The van der Waals surface area contributed by atoms with Gasteiger partial charge < -0.3 is 10.6 Å². The van der Waals surface area contributed by atoms with E-state index >= 15 is 0 Å². The zero-order chi connectivity index (χ0) is 9.26. The van der Waals surface area contributed by atoms with Gasteiger partial charge in [0.05, 0.1) is 0 Å². The first-order valence-electron chi connectivity index (χ1n) is 4.69. The highest BCUT2D eigenvalue weighted by Crippen LogP contribution is 2.20. The summed E-state index contributed by atoms with van der Waals surface area (Å²) in [7, 11) is 0. The van der Waals surface area contributed by atoms with Crippen LogP contribution < -0.4 is 10.6 Å². The molecule has 1 atom stereocenters. The molecule has 0 saturated carbocycles. The third kappa shape index (κ3) is 1.65. The third-order valence-corrected chi connectivity index (χ3v) is 2.51. The summed E-state index contributed by atoms with van der Waals surface area (Å²) in [4.78, 5) is 6.63. The predicted octanol–water partition coefficient (Wildman–Crippen LogP) is 0.927. The Morgan fingerprint density at radius 1 is 1.62 bits per heavy atom. The fourth-order valence-corrected chi connectivity index (χ4v) is 1.79. The number of hydrogen-bond donors (Lipinski definition) is 1. The maximum Gasteiger partial charge on any atom is 0.131 e. The van der Waals surface area contributed by atoms with Crippen LogP contribution in [-0.2, 0) is 0 Å². The fourth-order valence-electron chi connectivity index (χ4n) is 1.79. The predicted molar refractivity (Wildman–Crippen MR) is 53.8 cm³/mol. The molecule has 3 heteroatoms. The van der Waals surface area contributed by atoms with Gasteiger partial charge in [-0.1, -0.05) is 6.07 Å². The fraction of sp³-hybridized carbons (Fsp3) is 0.500. The highest BCUT2D eigenvalue weighted by atomic mass is 15.2. The summed E-state index contributed by atoms with van der Waals surface area (Å²) >= 11 is 0. The summed E-state index contributed by atoms with van der Waals surface area (Å²) in [6.45, 7) is 4.07. The van der Waals surface area contributed by atoms with Crippen molar-refractivity contribution in [3.8, 4) is 0 Å². The lowest BCUT2D eigenvalue weighted by molar-refractivity contribution is 0.751. The first-order valence-corrected chi connectivity index (χ1v) is 4.69. The van der Waals surface area contributed by atoms with Crippen LogP contribution in [0.3, 0.4) is 0 Å². The van der Waals surface area contributed by atoms with Gasteiger partial charge in [-0.3, -0.25) is 0 Å². The van der Waals surface area contributed by atoms with E-state index in [1.807, 2.05) is 12.3 Å². The molecule has 3 nitrogen and oxygen atoms in total. The summed E-state index contributed by atoms with van der Waals surface area (Å²) < 4.78 is 0. The number of nitrogens with zero attached hydrogens (tertiary/aromatic N) is 2. The topological polar surface area (TPSA) is 42.2 Å². The monoisotopic (exact) mass is 177 g/mol. The van der Waals surface area contributed by atoms with Crippen LogP contribution in [0.4, 0.5) is 5.82 Å². The second kappa shape index (κ2) is 3.34. The Bertz CT molecular complexity index is 298. The van der Waals surface area contributed by atoms with Crippen molar-refractivity contribution in [1.29, 1.82) is 0 Å². The van der Waals surface area contributed by atoms with Crippen molar-refractivity contribution >= 4 is 5.82 Å². The van der Waals surface area contributed by atoms with Crippen molar-refractivity contribution in [2.75, 3.05) is 18.0 Å². The Morgan fingerprint density at radius 2 is 2.46 bits per heavy atom. The Hall–Kier alpha value is -1.09. The van der Waals surface area contributed by atoms with Crippen molar-refractivity contribution in [2.45, 2.75) is 19.4 Å². The van der Waals surface area contributed by atoms with Gasteiger partial charge in [-0.25, -0.2) is 4.98 Å². The number of hydrogen-bond acceptors (Lipinski definition) is 3. The standard InChI is InChI=1S/C10H15N3/c1-8-3-2-5-12-10(8)13-6-4-9(11)7-13/h2-3,5,9H,4,6-7,11H2,1H3/t9-/m0/s1. The lowest BCUT2D eigenvalue weighted by Gasteiger charge is -2.18. The van der Waals surface area contributed by atoms with Crippen LogP contribution in [0.1, 0.15) is 12.0 Å². The molecule has 1 aliphatic heterocycles. The van der Waals surface area contributed by atoms with Gasteiger partial charge in [0, 0.05) is 25.3 Å². The molecule has 0 aromatic carbocycles. The summed E-state index contributed by atoms with van der Waals surface area (Å²) in [6, 6.07) is 4.38. The molecule has 1 aromatic rings. The lowest BCUT2D eigenvalue weighted by atomic mass is 10.3. The molecule has 1 fully saturated rings. The minimum Gasteiger partial charge on any atom is -0.355 e. The SMILES string of the molecule is Cc1cccnc1N1CC[C@H](N)C1. The maximum atomic E-state index is 5.84. The van der Waals surface area contributed by atoms with Gasteiger partial charge in [-0.15, -0.1) is 0 Å². The molecule has 2 N–H and O–H groups in total. The lowest BCUT2D eigenvalue weighted by Crippen LogP contribution is -2.27. The van der Waals surface area contributed by atoms with E-state index in [9.17, 15) is 0 Å². The van der Waals surface area contributed by atoms with Gasteiger partial charge in [-0.05, 0) is 25.0 Å². The van der Waals surface area contributed by atoms with Crippen LogP contribution in [0.15, 0.2) is 18.3 Å². The van der Waals surface area contributed by atoms with E-state index in [-0.39, 0.29) is 0 Å². The molecular weight excluding hydrogens is 162 g/mol. The van der Waals surface area contributed by atoms with E-state index in [4.69, 9.17) is 5.73 Å². The van der Waals surface area contributed by atoms with E-state index < -0.39 is 0 Å². The van der Waals surface area contributed by atoms with Crippen LogP contribution in [0, 0.1) is 6.92 Å². The molecule has 0 spiro atoms.